The smallest absolute Gasteiger partial charge is 0.191 e. The van der Waals surface area contributed by atoms with Crippen molar-refractivity contribution < 1.29 is 0 Å². The molecule has 3 aromatic heterocycles. The molecule has 4 aromatic rings. The Morgan fingerprint density at radius 1 is 1.03 bits per heavy atom. The highest BCUT2D eigenvalue weighted by Gasteiger charge is 2.16. The number of aromatic nitrogens is 5. The molecule has 0 aliphatic carbocycles. The first kappa shape index (κ1) is 19.8. The van der Waals surface area contributed by atoms with Crippen molar-refractivity contribution >= 4 is 23.1 Å². The van der Waals surface area contributed by atoms with Gasteiger partial charge in [-0.05, 0) is 23.1 Å². The van der Waals surface area contributed by atoms with E-state index >= 15 is 0 Å². The minimum absolute atomic E-state index is 0.140. The summed E-state index contributed by atoms with van der Waals surface area (Å²) < 4.78 is 2.04. The van der Waals surface area contributed by atoms with E-state index < -0.39 is 0 Å². The van der Waals surface area contributed by atoms with Crippen molar-refractivity contribution in [3.63, 3.8) is 0 Å². The second-order valence-corrected chi connectivity index (χ2v) is 9.64. The van der Waals surface area contributed by atoms with E-state index in [1.54, 1.807) is 29.3 Å². The Labute approximate surface area is 179 Å². The van der Waals surface area contributed by atoms with E-state index in [4.69, 9.17) is 4.98 Å². The molecule has 29 heavy (non-hydrogen) atoms. The summed E-state index contributed by atoms with van der Waals surface area (Å²) in [5, 5.41) is 12.7. The maximum atomic E-state index is 4.70. The van der Waals surface area contributed by atoms with E-state index in [2.05, 4.69) is 65.6 Å². The summed E-state index contributed by atoms with van der Waals surface area (Å²) in [6.07, 6.45) is 1.79. The molecule has 148 valence electrons. The fourth-order valence-corrected chi connectivity index (χ4v) is 4.63. The van der Waals surface area contributed by atoms with Crippen LogP contribution in [-0.4, -0.2) is 24.7 Å². The lowest BCUT2D eigenvalue weighted by molar-refractivity contribution is 0.590. The zero-order chi connectivity index (χ0) is 20.4. The number of nitrogens with zero attached hydrogens (tertiary/aromatic N) is 5. The Balaban J connectivity index is 1.46. The molecule has 5 nitrogen and oxygen atoms in total. The second kappa shape index (κ2) is 8.08. The Kier molecular flexibility index (Phi) is 5.52. The van der Waals surface area contributed by atoms with Gasteiger partial charge in [0.15, 0.2) is 11.0 Å². The van der Waals surface area contributed by atoms with Crippen molar-refractivity contribution in [2.45, 2.75) is 37.1 Å². The van der Waals surface area contributed by atoms with Gasteiger partial charge in [0.25, 0.3) is 0 Å². The first-order valence-electron chi connectivity index (χ1n) is 9.41. The first-order chi connectivity index (χ1) is 13.9. The van der Waals surface area contributed by atoms with Gasteiger partial charge in [0.1, 0.15) is 5.01 Å². The fourth-order valence-electron chi connectivity index (χ4n) is 2.93. The van der Waals surface area contributed by atoms with Crippen LogP contribution in [0.3, 0.4) is 0 Å². The molecule has 0 fully saturated rings. The number of hydrogen-bond acceptors (Lipinski definition) is 6. The largest absolute Gasteiger partial charge is 0.305 e. The number of pyridine rings is 1. The normalized spacial score (nSPS) is 11.7. The van der Waals surface area contributed by atoms with E-state index in [9.17, 15) is 0 Å². The number of hydrogen-bond donors (Lipinski definition) is 0. The Morgan fingerprint density at radius 3 is 2.52 bits per heavy atom. The highest BCUT2D eigenvalue weighted by molar-refractivity contribution is 7.98. The summed E-state index contributed by atoms with van der Waals surface area (Å²) in [5.74, 6) is 1.62. The van der Waals surface area contributed by atoms with Gasteiger partial charge in [-0.2, -0.15) is 0 Å². The van der Waals surface area contributed by atoms with Crippen LogP contribution < -0.4 is 0 Å². The number of thioether (sulfide) groups is 1. The van der Waals surface area contributed by atoms with E-state index in [1.807, 2.05) is 29.8 Å². The van der Waals surface area contributed by atoms with Crippen molar-refractivity contribution in [3.05, 3.63) is 65.3 Å². The molecule has 0 amide bonds. The molecule has 0 bridgehead atoms. The van der Waals surface area contributed by atoms with E-state index in [0.717, 1.165) is 38.7 Å². The van der Waals surface area contributed by atoms with Crippen molar-refractivity contribution in [1.29, 1.82) is 0 Å². The third-order valence-corrected chi connectivity index (χ3v) is 6.60. The average Bonchev–Trinajstić information content (AvgIpc) is 3.33. The zero-order valence-electron chi connectivity index (χ0n) is 17.0. The SMILES string of the molecule is Cn1c(SCc2csc(-c3ccccn3)n2)nnc1-c1ccc(C(C)(C)C)cc1. The fraction of sp³-hybridized carbons (Fsp3) is 0.273. The molecule has 0 N–H and O–H groups in total. The minimum Gasteiger partial charge on any atom is -0.305 e. The van der Waals surface area contributed by atoms with Gasteiger partial charge < -0.3 is 4.57 Å². The van der Waals surface area contributed by atoms with Crippen LogP contribution in [0.4, 0.5) is 0 Å². The maximum Gasteiger partial charge on any atom is 0.191 e. The van der Waals surface area contributed by atoms with Crippen LogP contribution in [0.5, 0.6) is 0 Å². The lowest BCUT2D eigenvalue weighted by atomic mass is 9.87. The van der Waals surface area contributed by atoms with E-state index in [0.29, 0.717) is 0 Å². The van der Waals surface area contributed by atoms with E-state index in [-0.39, 0.29) is 5.41 Å². The minimum atomic E-state index is 0.140. The number of benzene rings is 1. The molecule has 4 rings (SSSR count). The monoisotopic (exact) mass is 421 g/mol. The summed E-state index contributed by atoms with van der Waals surface area (Å²) in [6, 6.07) is 14.5. The predicted molar refractivity (Wildman–Crippen MR) is 120 cm³/mol. The van der Waals surface area contributed by atoms with E-state index in [1.165, 1.54) is 5.56 Å². The molecule has 1 aromatic carbocycles. The summed E-state index contributed by atoms with van der Waals surface area (Å²) in [5.41, 5.74) is 4.46. The Hall–Kier alpha value is -2.51. The molecule has 0 aliphatic rings. The maximum absolute atomic E-state index is 4.70. The topological polar surface area (TPSA) is 56.5 Å². The van der Waals surface area contributed by atoms with Crippen LogP contribution in [-0.2, 0) is 18.2 Å². The molecule has 0 atom stereocenters. The molecule has 0 saturated heterocycles. The van der Waals surface area contributed by atoms with Gasteiger partial charge in [0, 0.05) is 29.9 Å². The average molecular weight is 422 g/mol. The molecule has 0 aliphatic heterocycles. The zero-order valence-corrected chi connectivity index (χ0v) is 18.6. The molecule has 3 heterocycles. The summed E-state index contributed by atoms with van der Waals surface area (Å²) in [7, 11) is 2.01. The van der Waals surface area contributed by atoms with Gasteiger partial charge in [-0.1, -0.05) is 62.9 Å². The quantitative estimate of drug-likeness (QED) is 0.393. The lowest BCUT2D eigenvalue weighted by Gasteiger charge is -2.19. The summed E-state index contributed by atoms with van der Waals surface area (Å²) in [6.45, 7) is 6.66. The standard InChI is InChI=1S/C22H23N5S2/c1-22(2,3)16-10-8-15(9-11-16)19-25-26-21(27(19)4)29-14-17-13-28-20(24-17)18-7-5-6-12-23-18/h5-13H,14H2,1-4H3. The number of rotatable bonds is 5. The Morgan fingerprint density at radius 2 is 1.83 bits per heavy atom. The van der Waals surface area contributed by atoms with Crippen molar-refractivity contribution in [2.24, 2.45) is 7.05 Å². The van der Waals surface area contributed by atoms with Gasteiger partial charge in [-0.15, -0.1) is 21.5 Å². The van der Waals surface area contributed by atoms with Crippen LogP contribution >= 0.6 is 23.1 Å². The highest BCUT2D eigenvalue weighted by Crippen LogP contribution is 2.29. The highest BCUT2D eigenvalue weighted by atomic mass is 32.2. The van der Waals surface area contributed by atoms with Gasteiger partial charge in [0.05, 0.1) is 11.4 Å². The lowest BCUT2D eigenvalue weighted by Crippen LogP contribution is -2.10. The predicted octanol–water partition coefficient (Wildman–Crippen LogP) is 5.59. The summed E-state index contributed by atoms with van der Waals surface area (Å²) >= 11 is 3.26. The van der Waals surface area contributed by atoms with Gasteiger partial charge in [-0.3, -0.25) is 4.98 Å². The molecular weight excluding hydrogens is 398 g/mol. The van der Waals surface area contributed by atoms with Crippen LogP contribution in [0.25, 0.3) is 22.1 Å². The third kappa shape index (κ3) is 4.41. The number of thiazole rings is 1. The molecular formula is C22H23N5S2. The second-order valence-electron chi connectivity index (χ2n) is 7.84. The van der Waals surface area contributed by atoms with Crippen molar-refractivity contribution in [2.75, 3.05) is 0 Å². The van der Waals surface area contributed by atoms with Gasteiger partial charge in [-0.25, -0.2) is 4.98 Å². The third-order valence-electron chi connectivity index (χ3n) is 4.63. The van der Waals surface area contributed by atoms with Crippen molar-refractivity contribution in [3.8, 4) is 22.1 Å². The molecule has 7 heteroatoms. The van der Waals surface area contributed by atoms with Crippen LogP contribution in [0.1, 0.15) is 32.0 Å². The molecule has 0 radical (unpaired) electrons. The molecule has 0 saturated carbocycles. The van der Waals surface area contributed by atoms with Crippen LogP contribution in [0.15, 0.2) is 59.2 Å². The van der Waals surface area contributed by atoms with Crippen molar-refractivity contribution in [1.82, 2.24) is 24.7 Å². The summed E-state index contributed by atoms with van der Waals surface area (Å²) in [4.78, 5) is 9.07. The molecule has 0 unspecified atom stereocenters. The first-order valence-corrected chi connectivity index (χ1v) is 11.3. The van der Waals surface area contributed by atoms with Gasteiger partial charge in [0.2, 0.25) is 0 Å². The van der Waals surface area contributed by atoms with Gasteiger partial charge >= 0.3 is 0 Å². The van der Waals surface area contributed by atoms with Crippen LogP contribution in [0, 0.1) is 0 Å². The molecule has 0 spiro atoms. The van der Waals surface area contributed by atoms with Crippen LogP contribution in [0.2, 0.25) is 0 Å². The Bertz CT molecular complexity index is 1090.